The Hall–Kier alpha value is -0.710. The molecule has 0 atom stereocenters. The summed E-state index contributed by atoms with van der Waals surface area (Å²) in [6, 6.07) is 7.80. The zero-order valence-corrected chi connectivity index (χ0v) is 14.5. The van der Waals surface area contributed by atoms with E-state index in [1.165, 1.54) is 12.1 Å². The van der Waals surface area contributed by atoms with Crippen LogP contribution in [-0.4, -0.2) is 42.2 Å². The van der Waals surface area contributed by atoms with E-state index < -0.39 is 20.0 Å². The number of halogens is 1. The second kappa shape index (κ2) is 10.1. The summed E-state index contributed by atoms with van der Waals surface area (Å²) >= 11 is 0. The fourth-order valence-corrected chi connectivity index (χ4v) is 3.72. The van der Waals surface area contributed by atoms with E-state index in [0.29, 0.717) is 19.5 Å². The molecule has 0 aliphatic carbocycles. The number of hydrogen-bond donors (Lipinski definition) is 3. The van der Waals surface area contributed by atoms with Crippen molar-refractivity contribution in [2.24, 2.45) is 5.73 Å². The number of unbranched alkanes of at least 4 members (excludes halogenated alkanes) is 1. The Morgan fingerprint density at radius 1 is 0.909 bits per heavy atom. The highest BCUT2D eigenvalue weighted by atomic mass is 35.5. The lowest BCUT2D eigenvalue weighted by Gasteiger charge is -2.08. The van der Waals surface area contributed by atoms with Crippen molar-refractivity contribution in [1.82, 2.24) is 9.44 Å². The third kappa shape index (κ3) is 8.06. The van der Waals surface area contributed by atoms with Crippen LogP contribution in [0.5, 0.6) is 0 Å². The van der Waals surface area contributed by atoms with Gasteiger partial charge < -0.3 is 5.73 Å². The Morgan fingerprint density at radius 2 is 1.55 bits per heavy atom. The summed E-state index contributed by atoms with van der Waals surface area (Å²) in [5.74, 6) is -0.304. The molecule has 0 fully saturated rings. The predicted octanol–water partition coefficient (Wildman–Crippen LogP) is 0.0450. The van der Waals surface area contributed by atoms with Crippen LogP contribution in [0.1, 0.15) is 12.8 Å². The first-order valence-corrected chi connectivity index (χ1v) is 9.73. The van der Waals surface area contributed by atoms with Crippen molar-refractivity contribution in [2.75, 3.05) is 25.4 Å². The van der Waals surface area contributed by atoms with Crippen molar-refractivity contribution in [3.8, 4) is 0 Å². The van der Waals surface area contributed by atoms with Crippen LogP contribution >= 0.6 is 12.4 Å². The van der Waals surface area contributed by atoms with Gasteiger partial charge in [0.15, 0.2) is 0 Å². The molecule has 1 aromatic carbocycles. The highest BCUT2D eigenvalue weighted by Crippen LogP contribution is 2.06. The number of sulfonamides is 2. The number of nitrogens with two attached hydrogens (primary N) is 1. The van der Waals surface area contributed by atoms with E-state index in [-0.39, 0.29) is 29.6 Å². The minimum atomic E-state index is -3.67. The molecule has 0 saturated heterocycles. The predicted molar refractivity (Wildman–Crippen MR) is 89.0 cm³/mol. The van der Waals surface area contributed by atoms with Crippen molar-refractivity contribution in [2.45, 2.75) is 17.7 Å². The van der Waals surface area contributed by atoms with Gasteiger partial charge >= 0.3 is 0 Å². The summed E-state index contributed by atoms with van der Waals surface area (Å²) in [4.78, 5) is 0.110. The van der Waals surface area contributed by atoms with Gasteiger partial charge in [-0.05, 0) is 31.5 Å². The van der Waals surface area contributed by atoms with Crippen LogP contribution in [0.2, 0.25) is 0 Å². The molecule has 0 aliphatic heterocycles. The smallest absolute Gasteiger partial charge is 0.240 e. The van der Waals surface area contributed by atoms with E-state index in [2.05, 4.69) is 9.44 Å². The van der Waals surface area contributed by atoms with E-state index in [0.717, 1.165) is 6.42 Å². The van der Waals surface area contributed by atoms with E-state index in [9.17, 15) is 16.8 Å². The average Bonchev–Trinajstić information content (AvgIpc) is 2.44. The molecule has 0 unspecified atom stereocenters. The Balaban J connectivity index is 0.00000441. The number of hydrogen-bond acceptors (Lipinski definition) is 5. The molecule has 0 amide bonds. The van der Waals surface area contributed by atoms with Crippen molar-refractivity contribution in [1.29, 1.82) is 0 Å². The van der Waals surface area contributed by atoms with E-state index in [4.69, 9.17) is 5.73 Å². The van der Waals surface area contributed by atoms with Crippen LogP contribution in [0.4, 0.5) is 0 Å². The third-order valence-electron chi connectivity index (χ3n) is 2.67. The van der Waals surface area contributed by atoms with Crippen LogP contribution in [0.15, 0.2) is 35.2 Å². The molecular formula is C12H22ClN3O4S2. The molecule has 0 bridgehead atoms. The van der Waals surface area contributed by atoms with Gasteiger partial charge in [0.1, 0.15) is 0 Å². The van der Waals surface area contributed by atoms with Gasteiger partial charge in [0.2, 0.25) is 20.0 Å². The zero-order chi connectivity index (χ0) is 15.8. The molecule has 0 aromatic heterocycles. The maximum Gasteiger partial charge on any atom is 0.240 e. The van der Waals surface area contributed by atoms with Gasteiger partial charge in [0.25, 0.3) is 0 Å². The summed E-state index contributed by atoms with van der Waals surface area (Å²) in [6.07, 6.45) is 1.40. The van der Waals surface area contributed by atoms with Gasteiger partial charge in [0, 0.05) is 13.1 Å². The van der Waals surface area contributed by atoms with E-state index >= 15 is 0 Å². The second-order valence-electron chi connectivity index (χ2n) is 4.42. The van der Waals surface area contributed by atoms with E-state index in [1.807, 2.05) is 0 Å². The van der Waals surface area contributed by atoms with Crippen molar-refractivity contribution in [3.05, 3.63) is 30.3 Å². The average molecular weight is 372 g/mol. The number of benzene rings is 1. The first-order chi connectivity index (χ1) is 9.87. The molecule has 7 nitrogen and oxygen atoms in total. The van der Waals surface area contributed by atoms with Gasteiger partial charge in [-0.25, -0.2) is 26.3 Å². The lowest BCUT2D eigenvalue weighted by molar-refractivity contribution is 0.572. The molecule has 0 saturated carbocycles. The van der Waals surface area contributed by atoms with Crippen LogP contribution in [0.25, 0.3) is 0 Å². The minimum Gasteiger partial charge on any atom is -0.330 e. The van der Waals surface area contributed by atoms with Crippen LogP contribution < -0.4 is 15.2 Å². The van der Waals surface area contributed by atoms with Gasteiger partial charge in [-0.1, -0.05) is 18.2 Å². The van der Waals surface area contributed by atoms with Gasteiger partial charge in [0.05, 0.1) is 10.6 Å². The first-order valence-electron chi connectivity index (χ1n) is 6.59. The molecule has 10 heteroatoms. The van der Waals surface area contributed by atoms with Crippen molar-refractivity contribution in [3.63, 3.8) is 0 Å². The molecule has 0 radical (unpaired) electrons. The molecule has 0 spiro atoms. The van der Waals surface area contributed by atoms with E-state index in [1.54, 1.807) is 18.2 Å². The largest absolute Gasteiger partial charge is 0.330 e. The van der Waals surface area contributed by atoms with Crippen molar-refractivity contribution >= 4 is 32.5 Å². The fraction of sp³-hybridized carbons (Fsp3) is 0.500. The normalized spacial score (nSPS) is 11.9. The Labute approximate surface area is 138 Å². The highest BCUT2D eigenvalue weighted by Gasteiger charge is 2.15. The molecule has 128 valence electrons. The molecule has 1 aromatic rings. The molecule has 4 N–H and O–H groups in total. The lowest BCUT2D eigenvalue weighted by atomic mass is 10.3. The summed E-state index contributed by atoms with van der Waals surface area (Å²) in [6.45, 7) is 0.646. The first kappa shape index (κ1) is 21.3. The van der Waals surface area contributed by atoms with Crippen LogP contribution in [0.3, 0.4) is 0 Å². The summed E-state index contributed by atoms with van der Waals surface area (Å²) in [5.41, 5.74) is 5.31. The monoisotopic (exact) mass is 371 g/mol. The maximum atomic E-state index is 11.9. The zero-order valence-electron chi connectivity index (χ0n) is 12.1. The topological polar surface area (TPSA) is 118 Å². The third-order valence-corrected chi connectivity index (χ3v) is 5.53. The van der Waals surface area contributed by atoms with Crippen LogP contribution in [-0.2, 0) is 20.0 Å². The molecular weight excluding hydrogens is 350 g/mol. The maximum absolute atomic E-state index is 11.9. The van der Waals surface area contributed by atoms with Gasteiger partial charge in [-0.3, -0.25) is 0 Å². The van der Waals surface area contributed by atoms with Gasteiger partial charge in [-0.15, -0.1) is 12.4 Å². The number of rotatable bonds is 10. The minimum absolute atomic E-state index is 0. The Kier molecular flexibility index (Phi) is 9.81. The molecule has 1 rings (SSSR count). The molecule has 22 heavy (non-hydrogen) atoms. The fourth-order valence-electron chi connectivity index (χ4n) is 1.56. The SMILES string of the molecule is Cl.NCCCCNS(=O)(=O)CCNS(=O)(=O)c1ccccc1. The Morgan fingerprint density at radius 3 is 2.14 bits per heavy atom. The molecule has 0 heterocycles. The van der Waals surface area contributed by atoms with Crippen molar-refractivity contribution < 1.29 is 16.8 Å². The lowest BCUT2D eigenvalue weighted by Crippen LogP contribution is -2.34. The Bertz CT molecular complexity index is 621. The number of nitrogens with one attached hydrogen (secondary N) is 2. The summed E-state index contributed by atoms with van der Waals surface area (Å²) in [5, 5.41) is 0. The van der Waals surface area contributed by atoms with Gasteiger partial charge in [-0.2, -0.15) is 0 Å². The summed E-state index contributed by atoms with van der Waals surface area (Å²) in [7, 11) is -7.15. The summed E-state index contributed by atoms with van der Waals surface area (Å²) < 4.78 is 51.7. The highest BCUT2D eigenvalue weighted by molar-refractivity contribution is 7.90. The standard InChI is InChI=1S/C12H21N3O4S2.ClH/c13-8-4-5-9-14-20(16,17)11-10-15-21(18,19)12-6-2-1-3-7-12;/h1-3,6-7,14-15H,4-5,8-11,13H2;1H. The second-order valence-corrected chi connectivity index (χ2v) is 8.11. The molecule has 0 aliphatic rings. The quantitative estimate of drug-likeness (QED) is 0.502. The van der Waals surface area contributed by atoms with Crippen LogP contribution in [0, 0.1) is 0 Å².